The fourth-order valence-corrected chi connectivity index (χ4v) is 11.9. The molecule has 264 valence electrons. The molecule has 0 unspecified atom stereocenters. The lowest BCUT2D eigenvalue weighted by Gasteiger charge is -2.47. The molecule has 1 aliphatic rings. The molecule has 6 rings (SSSR count). The molecule has 0 amide bonds. The molecule has 7 heteroatoms. The molecule has 0 heterocycles. The van der Waals surface area contributed by atoms with E-state index in [1.807, 2.05) is 78.9 Å². The number of carbonyl (C=O) groups excluding carboxylic acids is 1. The Morgan fingerprint density at radius 1 is 0.647 bits per heavy atom. The summed E-state index contributed by atoms with van der Waals surface area (Å²) in [6.07, 6.45) is -3.00. The van der Waals surface area contributed by atoms with Gasteiger partial charge in [-0.3, -0.25) is 0 Å². The third kappa shape index (κ3) is 8.58. The molecular formula is C44H48O6Si. The quantitative estimate of drug-likeness (QED) is 0.102. The van der Waals surface area contributed by atoms with Crippen LogP contribution in [0.4, 0.5) is 0 Å². The van der Waals surface area contributed by atoms with Crippen LogP contribution < -0.4 is 10.4 Å². The highest BCUT2D eigenvalue weighted by molar-refractivity contribution is 6.99. The maximum absolute atomic E-state index is 13.4. The zero-order valence-electron chi connectivity index (χ0n) is 29.6. The van der Waals surface area contributed by atoms with E-state index in [1.165, 1.54) is 10.4 Å². The van der Waals surface area contributed by atoms with Crippen molar-refractivity contribution in [1.82, 2.24) is 0 Å². The molecule has 5 aromatic rings. The number of hydrogen-bond donors (Lipinski definition) is 1. The maximum Gasteiger partial charge on any atom is 0.338 e. The number of rotatable bonds is 13. The Bertz CT molecular complexity index is 1740. The lowest BCUT2D eigenvalue weighted by molar-refractivity contribution is -0.205. The second kappa shape index (κ2) is 16.8. The van der Waals surface area contributed by atoms with Gasteiger partial charge in [0.05, 0.1) is 24.9 Å². The zero-order chi connectivity index (χ0) is 35.7. The highest BCUT2D eigenvalue weighted by Crippen LogP contribution is 2.39. The number of aliphatic hydroxyl groups is 1. The number of hydrogen-bond acceptors (Lipinski definition) is 6. The Labute approximate surface area is 303 Å². The van der Waals surface area contributed by atoms with E-state index in [4.69, 9.17) is 18.6 Å². The van der Waals surface area contributed by atoms with E-state index in [9.17, 15) is 9.90 Å². The molecule has 51 heavy (non-hydrogen) atoms. The summed E-state index contributed by atoms with van der Waals surface area (Å²) in [6.45, 7) is 7.66. The van der Waals surface area contributed by atoms with Crippen LogP contribution in [0.2, 0.25) is 5.04 Å². The van der Waals surface area contributed by atoms with Crippen LogP contribution in [0, 0.1) is 5.92 Å². The van der Waals surface area contributed by atoms with Crippen LogP contribution in [0.1, 0.15) is 48.7 Å². The van der Waals surface area contributed by atoms with Gasteiger partial charge >= 0.3 is 5.97 Å². The molecule has 1 fully saturated rings. The van der Waals surface area contributed by atoms with Crippen molar-refractivity contribution in [2.45, 2.75) is 69.9 Å². The Balaban J connectivity index is 1.38. The van der Waals surface area contributed by atoms with E-state index in [0.717, 1.165) is 11.1 Å². The molecular weight excluding hydrogens is 653 g/mol. The van der Waals surface area contributed by atoms with Gasteiger partial charge < -0.3 is 23.7 Å². The third-order valence-corrected chi connectivity index (χ3v) is 14.8. The Kier molecular flexibility index (Phi) is 12.0. The van der Waals surface area contributed by atoms with Gasteiger partial charge in [-0.25, -0.2) is 4.79 Å². The lowest BCUT2D eigenvalue weighted by atomic mass is 9.80. The average Bonchev–Trinajstić information content (AvgIpc) is 3.16. The summed E-state index contributed by atoms with van der Waals surface area (Å²) < 4.78 is 26.9. The first-order valence-corrected chi connectivity index (χ1v) is 19.7. The highest BCUT2D eigenvalue weighted by atomic mass is 28.4. The first-order chi connectivity index (χ1) is 24.8. The fraction of sp³-hybridized carbons (Fsp3) is 0.295. The van der Waals surface area contributed by atoms with Gasteiger partial charge in [0.25, 0.3) is 8.32 Å². The Morgan fingerprint density at radius 3 is 1.55 bits per heavy atom. The van der Waals surface area contributed by atoms with Gasteiger partial charge in [0, 0.05) is 12.5 Å². The fourth-order valence-electron chi connectivity index (χ4n) is 7.26. The molecule has 0 bridgehead atoms. The topological polar surface area (TPSA) is 74.2 Å². The predicted molar refractivity (Wildman–Crippen MR) is 203 cm³/mol. The summed E-state index contributed by atoms with van der Waals surface area (Å²) in [7, 11) is -2.93. The Hall–Kier alpha value is -4.37. The molecule has 1 aliphatic carbocycles. The molecule has 1 N–H and O–H groups in total. The van der Waals surface area contributed by atoms with Gasteiger partial charge in [-0.1, -0.05) is 160 Å². The molecule has 0 aliphatic heterocycles. The van der Waals surface area contributed by atoms with Crippen molar-refractivity contribution in [1.29, 1.82) is 0 Å². The smallest absolute Gasteiger partial charge is 0.338 e. The average molecular weight is 701 g/mol. The van der Waals surface area contributed by atoms with Gasteiger partial charge in [0.1, 0.15) is 18.3 Å². The summed E-state index contributed by atoms with van der Waals surface area (Å²) in [5.74, 6) is -0.773. The molecule has 1 saturated carbocycles. The minimum Gasteiger partial charge on any atom is -0.456 e. The van der Waals surface area contributed by atoms with Crippen LogP contribution in [0.3, 0.4) is 0 Å². The van der Waals surface area contributed by atoms with Gasteiger partial charge in [0.2, 0.25) is 0 Å². The van der Waals surface area contributed by atoms with Crippen molar-refractivity contribution < 1.29 is 28.5 Å². The van der Waals surface area contributed by atoms with Crippen molar-refractivity contribution >= 4 is 24.7 Å². The SMILES string of the molecule is CC(C)(C)[Si](OC[C@H]1C[C@@H](OC(=O)c2ccccc2)[C@H](O)[C@H](OCc2ccccc2)[C@@H]1OCc1ccccc1)(c1ccccc1)c1ccccc1. The molecule has 5 aromatic carbocycles. The van der Waals surface area contributed by atoms with E-state index >= 15 is 0 Å². The van der Waals surface area contributed by atoms with E-state index in [2.05, 4.69) is 69.3 Å². The second-order valence-electron chi connectivity index (χ2n) is 14.3. The van der Waals surface area contributed by atoms with Crippen molar-refractivity contribution in [3.63, 3.8) is 0 Å². The predicted octanol–water partition coefficient (Wildman–Crippen LogP) is 7.34. The largest absolute Gasteiger partial charge is 0.456 e. The molecule has 0 radical (unpaired) electrons. The highest BCUT2D eigenvalue weighted by Gasteiger charge is 2.53. The van der Waals surface area contributed by atoms with E-state index < -0.39 is 38.7 Å². The summed E-state index contributed by atoms with van der Waals surface area (Å²) in [5, 5.41) is 14.1. The van der Waals surface area contributed by atoms with Gasteiger partial charge in [-0.05, 0) is 45.1 Å². The number of ether oxygens (including phenoxy) is 3. The summed E-state index contributed by atoms with van der Waals surface area (Å²) in [4.78, 5) is 13.4. The minimum absolute atomic E-state index is 0.243. The molecule has 0 spiro atoms. The maximum atomic E-state index is 13.4. The summed E-state index contributed by atoms with van der Waals surface area (Å²) in [6, 6.07) is 49.8. The number of esters is 1. The van der Waals surface area contributed by atoms with Crippen LogP contribution >= 0.6 is 0 Å². The van der Waals surface area contributed by atoms with Crippen molar-refractivity contribution in [3.05, 3.63) is 168 Å². The van der Waals surface area contributed by atoms with E-state index in [-0.39, 0.29) is 17.6 Å². The van der Waals surface area contributed by atoms with Crippen molar-refractivity contribution in [2.75, 3.05) is 6.61 Å². The standard InChI is InChI=1S/C44H48O6Si/c1-44(2,3)51(37-25-15-7-16-26-37,38-27-17-8-18-28-38)49-32-36-29-39(50-43(46)35-23-13-6-14-24-35)40(45)42(48-31-34-21-11-5-12-22-34)41(36)47-30-33-19-9-4-10-20-33/h4-28,36,39-42,45H,29-32H2,1-3H3/t36-,39-,40+,41-,42+/m1/s1. The zero-order valence-corrected chi connectivity index (χ0v) is 30.6. The molecule has 6 nitrogen and oxygen atoms in total. The molecule has 5 atom stereocenters. The number of benzene rings is 5. The number of aliphatic hydroxyl groups excluding tert-OH is 1. The lowest BCUT2D eigenvalue weighted by Crippen LogP contribution is -2.67. The van der Waals surface area contributed by atoms with Gasteiger partial charge in [0.15, 0.2) is 0 Å². The van der Waals surface area contributed by atoms with E-state index in [0.29, 0.717) is 25.2 Å². The molecule has 0 aromatic heterocycles. The second-order valence-corrected chi connectivity index (χ2v) is 18.6. The minimum atomic E-state index is -2.93. The monoisotopic (exact) mass is 700 g/mol. The van der Waals surface area contributed by atoms with Crippen LogP contribution in [-0.2, 0) is 31.9 Å². The first kappa shape index (κ1) is 36.4. The first-order valence-electron chi connectivity index (χ1n) is 17.8. The third-order valence-electron chi connectivity index (χ3n) is 9.81. The van der Waals surface area contributed by atoms with Gasteiger partial charge in [-0.15, -0.1) is 0 Å². The number of carbonyl (C=O) groups is 1. The van der Waals surface area contributed by atoms with Crippen LogP contribution in [0.5, 0.6) is 0 Å². The van der Waals surface area contributed by atoms with E-state index in [1.54, 1.807) is 24.3 Å². The Morgan fingerprint density at radius 2 is 1.08 bits per heavy atom. The van der Waals surface area contributed by atoms with Crippen LogP contribution in [0.25, 0.3) is 0 Å². The summed E-state index contributed by atoms with van der Waals surface area (Å²) in [5.41, 5.74) is 2.40. The van der Waals surface area contributed by atoms with Crippen molar-refractivity contribution in [3.8, 4) is 0 Å². The van der Waals surface area contributed by atoms with Crippen LogP contribution in [-0.4, -0.2) is 50.4 Å². The normalized spacial score (nSPS) is 20.8. The molecule has 0 saturated heterocycles. The van der Waals surface area contributed by atoms with Crippen molar-refractivity contribution in [2.24, 2.45) is 5.92 Å². The summed E-state index contributed by atoms with van der Waals surface area (Å²) >= 11 is 0. The van der Waals surface area contributed by atoms with Gasteiger partial charge in [-0.2, -0.15) is 0 Å². The van der Waals surface area contributed by atoms with Crippen LogP contribution in [0.15, 0.2) is 152 Å².